The lowest BCUT2D eigenvalue weighted by Crippen LogP contribution is -2.31. The number of alkyl halides is 2. The van der Waals surface area contributed by atoms with Crippen molar-refractivity contribution in [2.24, 2.45) is 5.92 Å². The highest BCUT2D eigenvalue weighted by molar-refractivity contribution is 7.13. The van der Waals surface area contributed by atoms with Crippen molar-refractivity contribution in [2.75, 3.05) is 5.32 Å². The highest BCUT2D eigenvalue weighted by Crippen LogP contribution is 2.36. The summed E-state index contributed by atoms with van der Waals surface area (Å²) >= 11 is 1.22. The van der Waals surface area contributed by atoms with Crippen LogP contribution in [0.25, 0.3) is 0 Å². The van der Waals surface area contributed by atoms with Crippen LogP contribution in [0.2, 0.25) is 0 Å². The first-order chi connectivity index (χ1) is 8.87. The van der Waals surface area contributed by atoms with Gasteiger partial charge in [-0.1, -0.05) is 0 Å². The second-order valence-corrected chi connectivity index (χ2v) is 5.73. The van der Waals surface area contributed by atoms with E-state index in [9.17, 15) is 18.7 Å². The molecule has 1 aliphatic carbocycles. The molecule has 1 amide bonds. The molecule has 1 aromatic rings. The SMILES string of the molecule is CC(O)c1csc(NC(=O)C2CCC(F)(F)CC2)n1. The zero-order valence-electron chi connectivity index (χ0n) is 10.5. The number of hydrogen-bond acceptors (Lipinski definition) is 4. The number of carbonyl (C=O) groups is 1. The minimum atomic E-state index is -2.63. The molecule has 1 atom stereocenters. The van der Waals surface area contributed by atoms with E-state index in [-0.39, 0.29) is 37.5 Å². The third-order valence-electron chi connectivity index (χ3n) is 3.27. The standard InChI is InChI=1S/C12H16F2N2O2S/c1-7(17)9-6-19-11(15-9)16-10(18)8-2-4-12(13,14)5-3-8/h6-8,17H,2-5H2,1H3,(H,15,16,18). The predicted octanol–water partition coefficient (Wildman–Crippen LogP) is 2.96. The quantitative estimate of drug-likeness (QED) is 0.899. The van der Waals surface area contributed by atoms with Gasteiger partial charge in [-0.2, -0.15) is 0 Å². The summed E-state index contributed by atoms with van der Waals surface area (Å²) in [6.07, 6.45) is -0.750. The molecule has 0 aromatic carbocycles. The van der Waals surface area contributed by atoms with E-state index in [0.717, 1.165) is 0 Å². The smallest absolute Gasteiger partial charge is 0.248 e. The van der Waals surface area contributed by atoms with Gasteiger partial charge in [0.05, 0.1) is 11.8 Å². The van der Waals surface area contributed by atoms with E-state index >= 15 is 0 Å². The summed E-state index contributed by atoms with van der Waals surface area (Å²) in [5.41, 5.74) is 0.496. The van der Waals surface area contributed by atoms with Gasteiger partial charge in [0.15, 0.2) is 5.13 Å². The highest BCUT2D eigenvalue weighted by Gasteiger charge is 2.37. The Morgan fingerprint density at radius 1 is 1.58 bits per heavy atom. The molecular weight excluding hydrogens is 274 g/mol. The molecule has 2 N–H and O–H groups in total. The van der Waals surface area contributed by atoms with Gasteiger partial charge in [-0.05, 0) is 19.8 Å². The highest BCUT2D eigenvalue weighted by atomic mass is 32.1. The lowest BCUT2D eigenvalue weighted by Gasteiger charge is -2.27. The van der Waals surface area contributed by atoms with Gasteiger partial charge in [0.25, 0.3) is 0 Å². The summed E-state index contributed by atoms with van der Waals surface area (Å²) in [7, 11) is 0. The Labute approximate surface area is 113 Å². The number of thiazole rings is 1. The van der Waals surface area contributed by atoms with Crippen molar-refractivity contribution in [3.05, 3.63) is 11.1 Å². The number of hydrogen-bond donors (Lipinski definition) is 2. The molecule has 1 aliphatic rings. The number of anilines is 1. The summed E-state index contributed by atoms with van der Waals surface area (Å²) in [5, 5.41) is 14.0. The Balaban J connectivity index is 1.90. The number of aliphatic hydroxyl groups is 1. The molecule has 0 spiro atoms. The molecule has 0 aliphatic heterocycles. The minimum Gasteiger partial charge on any atom is -0.387 e. The predicted molar refractivity (Wildman–Crippen MR) is 68.3 cm³/mol. The molecule has 1 fully saturated rings. The number of halogens is 2. The average Bonchev–Trinajstić information content (AvgIpc) is 2.77. The second kappa shape index (κ2) is 5.50. The van der Waals surface area contributed by atoms with Gasteiger partial charge in [-0.3, -0.25) is 4.79 Å². The topological polar surface area (TPSA) is 62.2 Å². The van der Waals surface area contributed by atoms with Crippen LogP contribution < -0.4 is 5.32 Å². The lowest BCUT2D eigenvalue weighted by atomic mass is 9.86. The zero-order valence-corrected chi connectivity index (χ0v) is 11.3. The minimum absolute atomic E-state index is 0.202. The van der Waals surface area contributed by atoms with Crippen LogP contribution in [-0.4, -0.2) is 21.9 Å². The molecule has 0 bridgehead atoms. The third-order valence-corrected chi connectivity index (χ3v) is 4.04. The fraction of sp³-hybridized carbons (Fsp3) is 0.667. The molecule has 106 valence electrons. The monoisotopic (exact) mass is 290 g/mol. The van der Waals surface area contributed by atoms with Gasteiger partial charge in [0.1, 0.15) is 0 Å². The molecule has 1 unspecified atom stereocenters. The van der Waals surface area contributed by atoms with Crippen LogP contribution in [0, 0.1) is 5.92 Å². The van der Waals surface area contributed by atoms with Crippen LogP contribution in [0.1, 0.15) is 44.4 Å². The summed E-state index contributed by atoms with van der Waals surface area (Å²) in [4.78, 5) is 16.0. The number of nitrogens with one attached hydrogen (secondary N) is 1. The molecule has 0 radical (unpaired) electrons. The Kier molecular flexibility index (Phi) is 4.15. The van der Waals surface area contributed by atoms with E-state index in [1.54, 1.807) is 12.3 Å². The van der Waals surface area contributed by atoms with Gasteiger partial charge < -0.3 is 10.4 Å². The summed E-state index contributed by atoms with van der Waals surface area (Å²) in [6, 6.07) is 0. The molecule has 1 heterocycles. The van der Waals surface area contributed by atoms with Crippen molar-refractivity contribution in [3.8, 4) is 0 Å². The van der Waals surface area contributed by atoms with Crippen LogP contribution in [0.3, 0.4) is 0 Å². The van der Waals surface area contributed by atoms with Gasteiger partial charge in [-0.15, -0.1) is 11.3 Å². The Hall–Kier alpha value is -1.08. The Morgan fingerprint density at radius 3 is 2.74 bits per heavy atom. The van der Waals surface area contributed by atoms with E-state index < -0.39 is 12.0 Å². The molecule has 1 aromatic heterocycles. The van der Waals surface area contributed by atoms with E-state index in [0.29, 0.717) is 10.8 Å². The maximum Gasteiger partial charge on any atom is 0.248 e. The fourth-order valence-electron chi connectivity index (χ4n) is 2.05. The lowest BCUT2D eigenvalue weighted by molar-refractivity contribution is -0.124. The first-order valence-electron chi connectivity index (χ1n) is 6.19. The van der Waals surface area contributed by atoms with E-state index in [4.69, 9.17) is 0 Å². The molecule has 19 heavy (non-hydrogen) atoms. The summed E-state index contributed by atoms with van der Waals surface area (Å²) in [6.45, 7) is 1.59. The summed E-state index contributed by atoms with van der Waals surface area (Å²) < 4.78 is 26.0. The number of aliphatic hydroxyl groups excluding tert-OH is 1. The molecule has 4 nitrogen and oxygen atoms in total. The van der Waals surface area contributed by atoms with E-state index in [1.165, 1.54) is 11.3 Å². The first-order valence-corrected chi connectivity index (χ1v) is 7.07. The van der Waals surface area contributed by atoms with Crippen molar-refractivity contribution in [3.63, 3.8) is 0 Å². The van der Waals surface area contributed by atoms with E-state index in [1.807, 2.05) is 0 Å². The van der Waals surface area contributed by atoms with Crippen LogP contribution in [0.15, 0.2) is 5.38 Å². The van der Waals surface area contributed by atoms with Gasteiger partial charge in [0, 0.05) is 24.1 Å². The van der Waals surface area contributed by atoms with Crippen LogP contribution in [-0.2, 0) is 4.79 Å². The molecule has 1 saturated carbocycles. The average molecular weight is 290 g/mol. The number of rotatable bonds is 3. The third kappa shape index (κ3) is 3.70. The van der Waals surface area contributed by atoms with Crippen molar-refractivity contribution in [2.45, 2.75) is 44.6 Å². The van der Waals surface area contributed by atoms with Gasteiger partial charge in [-0.25, -0.2) is 13.8 Å². The van der Waals surface area contributed by atoms with Crippen LogP contribution in [0.5, 0.6) is 0 Å². The number of carbonyl (C=O) groups excluding carboxylic acids is 1. The first kappa shape index (κ1) is 14.3. The fourth-order valence-corrected chi connectivity index (χ4v) is 2.84. The van der Waals surface area contributed by atoms with Gasteiger partial charge >= 0.3 is 0 Å². The van der Waals surface area contributed by atoms with E-state index in [2.05, 4.69) is 10.3 Å². The number of aromatic nitrogens is 1. The second-order valence-electron chi connectivity index (χ2n) is 4.87. The number of amides is 1. The maximum absolute atomic E-state index is 13.0. The molecule has 0 saturated heterocycles. The van der Waals surface area contributed by atoms with Crippen molar-refractivity contribution >= 4 is 22.4 Å². The molecular formula is C12H16F2N2O2S. The normalized spacial score (nSPS) is 21.1. The Bertz CT molecular complexity index is 452. The van der Waals surface area contributed by atoms with Crippen LogP contribution >= 0.6 is 11.3 Å². The van der Waals surface area contributed by atoms with Crippen molar-refractivity contribution in [1.82, 2.24) is 4.98 Å². The van der Waals surface area contributed by atoms with Gasteiger partial charge in [0.2, 0.25) is 11.8 Å². The van der Waals surface area contributed by atoms with Crippen LogP contribution in [0.4, 0.5) is 13.9 Å². The molecule has 7 heteroatoms. The zero-order chi connectivity index (χ0) is 14.0. The number of nitrogens with zero attached hydrogens (tertiary/aromatic N) is 1. The Morgan fingerprint density at radius 2 is 2.21 bits per heavy atom. The maximum atomic E-state index is 13.0. The largest absolute Gasteiger partial charge is 0.387 e. The van der Waals surface area contributed by atoms with Crippen molar-refractivity contribution < 1.29 is 18.7 Å². The van der Waals surface area contributed by atoms with Crippen molar-refractivity contribution in [1.29, 1.82) is 0 Å². The summed E-state index contributed by atoms with van der Waals surface area (Å²) in [5.74, 6) is -3.27. The molecule has 2 rings (SSSR count).